The molecule has 0 atom stereocenters. The first-order chi connectivity index (χ1) is 18.6. The molecule has 0 aliphatic carbocycles. The van der Waals surface area contributed by atoms with Gasteiger partial charge < -0.3 is 4.57 Å². The average Bonchev–Trinajstić information content (AvgIpc) is 3.43. The Labute approximate surface area is 223 Å². The Balaban J connectivity index is 1.50. The van der Waals surface area contributed by atoms with Crippen molar-refractivity contribution in [2.45, 2.75) is 13.1 Å². The van der Waals surface area contributed by atoms with E-state index in [0.29, 0.717) is 0 Å². The third-order valence-electron chi connectivity index (χ3n) is 8.57. The molecule has 0 radical (unpaired) electrons. The van der Waals surface area contributed by atoms with Crippen LogP contribution in [-0.4, -0.2) is 12.6 Å². The number of benzene rings is 6. The van der Waals surface area contributed by atoms with Gasteiger partial charge in [0.25, 0.3) is 0 Å². The lowest BCUT2D eigenvalue weighted by Gasteiger charge is -2.22. The first-order valence-corrected chi connectivity index (χ1v) is 16.4. The third-order valence-corrected chi connectivity index (χ3v) is 12.1. The van der Waals surface area contributed by atoms with Gasteiger partial charge in [0, 0.05) is 21.8 Å². The summed E-state index contributed by atoms with van der Waals surface area (Å²) in [5.41, 5.74) is 9.13. The monoisotopic (exact) mass is 501 g/mol. The van der Waals surface area contributed by atoms with E-state index in [-0.39, 0.29) is 0 Å². The van der Waals surface area contributed by atoms with Gasteiger partial charge in [-0.05, 0) is 56.2 Å². The average molecular weight is 502 g/mol. The minimum Gasteiger partial charge on any atom is -0.309 e. The zero-order valence-corrected chi connectivity index (χ0v) is 22.6. The lowest BCUT2D eigenvalue weighted by molar-refractivity contribution is 1.19. The Morgan fingerprint density at radius 3 is 2.05 bits per heavy atom. The molecule has 1 aliphatic rings. The molecule has 0 bridgehead atoms. The molecule has 0 saturated heterocycles. The summed E-state index contributed by atoms with van der Waals surface area (Å²) in [5.74, 6) is 0. The van der Waals surface area contributed by atoms with Crippen LogP contribution < -0.4 is 10.4 Å². The van der Waals surface area contributed by atoms with Gasteiger partial charge in [-0.1, -0.05) is 122 Å². The summed E-state index contributed by atoms with van der Waals surface area (Å²) < 4.78 is 2.51. The number of rotatable bonds is 2. The van der Waals surface area contributed by atoms with Crippen LogP contribution in [0.1, 0.15) is 0 Å². The molecule has 1 nitrogen and oxygen atoms in total. The minimum atomic E-state index is -1.90. The van der Waals surface area contributed by atoms with E-state index >= 15 is 0 Å². The lowest BCUT2D eigenvalue weighted by Crippen LogP contribution is -2.49. The normalized spacial score (nSPS) is 13.7. The predicted molar refractivity (Wildman–Crippen MR) is 166 cm³/mol. The van der Waals surface area contributed by atoms with Crippen molar-refractivity contribution in [3.05, 3.63) is 127 Å². The van der Waals surface area contributed by atoms with Crippen molar-refractivity contribution in [1.82, 2.24) is 4.57 Å². The summed E-state index contributed by atoms with van der Waals surface area (Å²) in [6, 6.07) is 47.1. The van der Waals surface area contributed by atoms with E-state index in [9.17, 15) is 0 Å². The third kappa shape index (κ3) is 2.87. The molecular weight excluding hydrogens is 474 g/mol. The zero-order valence-electron chi connectivity index (χ0n) is 21.6. The van der Waals surface area contributed by atoms with E-state index < -0.39 is 8.07 Å². The van der Waals surface area contributed by atoms with E-state index in [1.54, 1.807) is 10.4 Å². The topological polar surface area (TPSA) is 4.93 Å². The molecule has 38 heavy (non-hydrogen) atoms. The number of hydrogen-bond donors (Lipinski definition) is 0. The molecule has 2 heteroatoms. The quantitative estimate of drug-likeness (QED) is 0.210. The second-order valence-corrected chi connectivity index (χ2v) is 15.3. The van der Waals surface area contributed by atoms with E-state index in [1.165, 1.54) is 60.5 Å². The van der Waals surface area contributed by atoms with Gasteiger partial charge in [0.2, 0.25) is 0 Å². The van der Waals surface area contributed by atoms with Crippen LogP contribution in [0.4, 0.5) is 0 Å². The van der Waals surface area contributed by atoms with Crippen molar-refractivity contribution in [3.63, 3.8) is 0 Å². The highest BCUT2D eigenvalue weighted by molar-refractivity contribution is 7.05. The second kappa shape index (κ2) is 7.80. The van der Waals surface area contributed by atoms with E-state index in [4.69, 9.17) is 0 Å². The summed E-state index contributed by atoms with van der Waals surface area (Å²) >= 11 is 0. The van der Waals surface area contributed by atoms with Gasteiger partial charge in [0.1, 0.15) is 8.07 Å². The van der Waals surface area contributed by atoms with Crippen LogP contribution in [0.2, 0.25) is 13.1 Å². The molecule has 8 rings (SSSR count). The van der Waals surface area contributed by atoms with Gasteiger partial charge >= 0.3 is 0 Å². The van der Waals surface area contributed by atoms with E-state index in [2.05, 4.69) is 145 Å². The Morgan fingerprint density at radius 2 is 1.21 bits per heavy atom. The van der Waals surface area contributed by atoms with Crippen LogP contribution >= 0.6 is 0 Å². The molecule has 0 unspecified atom stereocenters. The van der Waals surface area contributed by atoms with Crippen molar-refractivity contribution in [3.8, 4) is 27.9 Å². The molecular formula is C36H27NSi. The van der Waals surface area contributed by atoms with E-state index in [1.807, 2.05) is 0 Å². The molecule has 2 heterocycles. The van der Waals surface area contributed by atoms with Crippen LogP contribution in [0.25, 0.3) is 60.5 Å². The lowest BCUT2D eigenvalue weighted by atomic mass is 9.99. The fourth-order valence-electron chi connectivity index (χ4n) is 6.84. The van der Waals surface area contributed by atoms with Crippen LogP contribution in [0, 0.1) is 0 Å². The molecule has 7 aromatic rings. The molecule has 0 saturated carbocycles. The van der Waals surface area contributed by atoms with Crippen molar-refractivity contribution in [2.75, 3.05) is 0 Å². The second-order valence-electron chi connectivity index (χ2n) is 11.0. The highest BCUT2D eigenvalue weighted by Gasteiger charge is 2.39. The number of aromatic nitrogens is 1. The molecule has 0 fully saturated rings. The minimum absolute atomic E-state index is 1.20. The standard InChI is InChI=1S/C36H27NSi/c1-38(2)33-15-9-7-13-29(33)31-23-19-26-18-22-30-28-12-6-8-14-32(28)37(35(30)34(26)36(31)38)27-20-16-25(17-21-27)24-10-4-3-5-11-24/h3-23H,1-2H3. The summed E-state index contributed by atoms with van der Waals surface area (Å²) in [6.07, 6.45) is 0. The molecule has 0 spiro atoms. The van der Waals surface area contributed by atoms with Crippen molar-refractivity contribution >= 4 is 51.0 Å². The number of fused-ring (bicyclic) bond motifs is 9. The predicted octanol–water partition coefficient (Wildman–Crippen LogP) is 8.41. The van der Waals surface area contributed by atoms with Gasteiger partial charge in [-0.25, -0.2) is 0 Å². The van der Waals surface area contributed by atoms with Gasteiger partial charge in [-0.2, -0.15) is 0 Å². The SMILES string of the molecule is C[Si]1(C)c2ccccc2-c2ccc3ccc4c5ccccc5n(-c5ccc(-c6ccccc6)cc5)c4c3c21. The van der Waals surface area contributed by atoms with Crippen molar-refractivity contribution < 1.29 is 0 Å². The fourth-order valence-corrected chi connectivity index (χ4v) is 10.3. The number of hydrogen-bond acceptors (Lipinski definition) is 0. The Morgan fingerprint density at radius 1 is 0.526 bits per heavy atom. The first-order valence-electron chi connectivity index (χ1n) is 13.4. The van der Waals surface area contributed by atoms with Gasteiger partial charge in [-0.15, -0.1) is 0 Å². The largest absolute Gasteiger partial charge is 0.309 e. The van der Waals surface area contributed by atoms with Crippen LogP contribution in [0.5, 0.6) is 0 Å². The van der Waals surface area contributed by atoms with Crippen molar-refractivity contribution in [2.24, 2.45) is 0 Å². The van der Waals surface area contributed by atoms with Crippen LogP contribution in [-0.2, 0) is 0 Å². The molecule has 0 N–H and O–H groups in total. The zero-order chi connectivity index (χ0) is 25.4. The summed E-state index contributed by atoms with van der Waals surface area (Å²) in [7, 11) is -1.90. The molecule has 180 valence electrons. The molecule has 1 aromatic heterocycles. The Hall–Kier alpha value is -4.40. The smallest absolute Gasteiger partial charge is 0.114 e. The summed E-state index contributed by atoms with van der Waals surface area (Å²) in [5, 5.41) is 8.52. The number of nitrogens with zero attached hydrogens (tertiary/aromatic N) is 1. The maximum atomic E-state index is 2.53. The fraction of sp³-hybridized carbons (Fsp3) is 0.0556. The maximum absolute atomic E-state index is 2.53. The molecule has 6 aromatic carbocycles. The molecule has 1 aliphatic heterocycles. The highest BCUT2D eigenvalue weighted by Crippen LogP contribution is 2.40. The van der Waals surface area contributed by atoms with Crippen LogP contribution in [0.15, 0.2) is 127 Å². The Kier molecular flexibility index (Phi) is 4.45. The summed E-state index contributed by atoms with van der Waals surface area (Å²) in [6.45, 7) is 5.05. The van der Waals surface area contributed by atoms with E-state index in [0.717, 1.165) is 0 Å². The first kappa shape index (κ1) is 21.7. The van der Waals surface area contributed by atoms with Crippen molar-refractivity contribution in [1.29, 1.82) is 0 Å². The maximum Gasteiger partial charge on any atom is 0.114 e. The highest BCUT2D eigenvalue weighted by atomic mass is 28.3. The molecule has 0 amide bonds. The number of para-hydroxylation sites is 1. The Bertz CT molecular complexity index is 2030. The van der Waals surface area contributed by atoms with Gasteiger partial charge in [0.15, 0.2) is 0 Å². The van der Waals surface area contributed by atoms with Crippen LogP contribution in [0.3, 0.4) is 0 Å². The summed E-state index contributed by atoms with van der Waals surface area (Å²) in [4.78, 5) is 0. The van der Waals surface area contributed by atoms with Gasteiger partial charge in [-0.3, -0.25) is 0 Å². The van der Waals surface area contributed by atoms with Gasteiger partial charge in [0.05, 0.1) is 11.0 Å².